The van der Waals surface area contributed by atoms with Crippen LogP contribution in [0.15, 0.2) is 54.7 Å². The predicted octanol–water partition coefficient (Wildman–Crippen LogP) is 5.19. The summed E-state index contributed by atoms with van der Waals surface area (Å²) in [4.78, 5) is 30.5. The number of halogens is 2. The smallest absolute Gasteiger partial charge is 0.268 e. The fraction of sp³-hybridized carbons (Fsp3) is 0.310. The molecule has 37 heavy (non-hydrogen) atoms. The molecule has 1 atom stereocenters. The zero-order chi connectivity index (χ0) is 26.8. The molecule has 0 bridgehead atoms. The lowest BCUT2D eigenvalue weighted by atomic mass is 9.87. The number of benzene rings is 2. The zero-order valence-corrected chi connectivity index (χ0v) is 21.0. The zero-order valence-electron chi connectivity index (χ0n) is 21.0. The van der Waals surface area contributed by atoms with E-state index in [1.54, 1.807) is 12.1 Å². The molecule has 0 saturated carbocycles. The van der Waals surface area contributed by atoms with Gasteiger partial charge in [-0.05, 0) is 40.3 Å². The summed E-state index contributed by atoms with van der Waals surface area (Å²) < 4.78 is 27.3. The van der Waals surface area contributed by atoms with Gasteiger partial charge in [0, 0.05) is 18.0 Å². The quantitative estimate of drug-likeness (QED) is 0.487. The molecule has 2 aromatic carbocycles. The van der Waals surface area contributed by atoms with E-state index >= 15 is 0 Å². The van der Waals surface area contributed by atoms with Gasteiger partial charge in [-0.25, -0.2) is 8.78 Å². The fourth-order valence-electron chi connectivity index (χ4n) is 4.30. The Hall–Kier alpha value is -4.12. The summed E-state index contributed by atoms with van der Waals surface area (Å²) in [6, 6.07) is 15.9. The maximum Gasteiger partial charge on any atom is 0.268 e. The number of likely N-dealkylation sites (tertiary alicyclic amines) is 1. The van der Waals surface area contributed by atoms with Crippen molar-refractivity contribution in [3.05, 3.63) is 77.0 Å². The molecule has 190 valence electrons. The molecular weight excluding hydrogens is 474 g/mol. The number of alkyl halides is 2. The highest BCUT2D eigenvalue weighted by atomic mass is 19.3. The fourth-order valence-corrected chi connectivity index (χ4v) is 4.30. The molecule has 1 unspecified atom stereocenters. The van der Waals surface area contributed by atoms with Gasteiger partial charge in [-0.3, -0.25) is 14.6 Å². The van der Waals surface area contributed by atoms with Crippen molar-refractivity contribution < 1.29 is 18.4 Å². The van der Waals surface area contributed by atoms with Gasteiger partial charge in [0.25, 0.3) is 11.8 Å². The number of nitrogens with one attached hydrogen (secondary N) is 1. The van der Waals surface area contributed by atoms with E-state index in [4.69, 9.17) is 5.26 Å². The summed E-state index contributed by atoms with van der Waals surface area (Å²) in [5.74, 6) is -4.37. The highest BCUT2D eigenvalue weighted by Gasteiger charge is 2.47. The first kappa shape index (κ1) is 26.0. The summed E-state index contributed by atoms with van der Waals surface area (Å²) in [6.45, 7) is 5.18. The second-order valence-electron chi connectivity index (χ2n) is 10.2. The van der Waals surface area contributed by atoms with Crippen LogP contribution in [0.4, 0.5) is 8.78 Å². The van der Waals surface area contributed by atoms with Crippen molar-refractivity contribution in [3.63, 3.8) is 0 Å². The van der Waals surface area contributed by atoms with E-state index in [1.807, 2.05) is 30.4 Å². The summed E-state index contributed by atoms with van der Waals surface area (Å²) in [6.07, 6.45) is 4.73. The third-order valence-corrected chi connectivity index (χ3v) is 6.39. The molecule has 1 N–H and O–H groups in total. The molecule has 1 aliphatic heterocycles. The highest BCUT2D eigenvalue weighted by molar-refractivity contribution is 6.07. The van der Waals surface area contributed by atoms with E-state index in [9.17, 15) is 18.4 Å². The molecule has 2 heterocycles. The van der Waals surface area contributed by atoms with Gasteiger partial charge in [0.2, 0.25) is 5.91 Å². The molecule has 1 aromatic heterocycles. The minimum Gasteiger partial charge on any atom is -0.343 e. The van der Waals surface area contributed by atoms with Gasteiger partial charge >= 0.3 is 0 Å². The number of hydrogen-bond acceptors (Lipinski definition) is 4. The van der Waals surface area contributed by atoms with Gasteiger partial charge in [0.05, 0.1) is 30.2 Å². The number of carbonyl (C=O) groups is 2. The number of amides is 2. The van der Waals surface area contributed by atoms with Gasteiger partial charge in [0.1, 0.15) is 6.04 Å². The highest BCUT2D eigenvalue weighted by Crippen LogP contribution is 2.31. The van der Waals surface area contributed by atoms with E-state index in [-0.39, 0.29) is 5.41 Å². The Morgan fingerprint density at radius 2 is 1.81 bits per heavy atom. The third kappa shape index (κ3) is 6.00. The average Bonchev–Trinajstić information content (AvgIpc) is 3.19. The molecule has 8 heteroatoms. The van der Waals surface area contributed by atoms with Crippen LogP contribution in [0.1, 0.15) is 54.2 Å². The number of pyridine rings is 1. The second-order valence-corrected chi connectivity index (χ2v) is 10.2. The van der Waals surface area contributed by atoms with Crippen LogP contribution in [0.2, 0.25) is 0 Å². The average molecular weight is 503 g/mol. The van der Waals surface area contributed by atoms with Crippen LogP contribution in [0.25, 0.3) is 23.1 Å². The molecule has 2 amide bonds. The number of nitrogens with zero attached hydrogens (tertiary/aromatic N) is 3. The molecule has 1 fully saturated rings. The van der Waals surface area contributed by atoms with Crippen LogP contribution in [-0.4, -0.2) is 46.8 Å². The molecule has 1 saturated heterocycles. The molecule has 4 rings (SSSR count). The predicted molar refractivity (Wildman–Crippen MR) is 139 cm³/mol. The van der Waals surface area contributed by atoms with Crippen molar-refractivity contribution in [1.82, 2.24) is 15.2 Å². The first-order chi connectivity index (χ1) is 17.5. The number of hydrogen-bond donors (Lipinski definition) is 1. The maximum absolute atomic E-state index is 13.7. The number of aromatic nitrogens is 1. The third-order valence-electron chi connectivity index (χ3n) is 6.39. The summed E-state index contributed by atoms with van der Waals surface area (Å²) >= 11 is 0. The second kappa shape index (κ2) is 10.1. The van der Waals surface area contributed by atoms with Crippen LogP contribution in [-0.2, 0) is 10.2 Å². The monoisotopic (exact) mass is 502 g/mol. The van der Waals surface area contributed by atoms with Crippen molar-refractivity contribution in [2.45, 2.75) is 44.6 Å². The van der Waals surface area contributed by atoms with E-state index in [2.05, 4.69) is 55.3 Å². The number of rotatable bonds is 5. The van der Waals surface area contributed by atoms with Crippen LogP contribution in [0.5, 0.6) is 0 Å². The summed E-state index contributed by atoms with van der Waals surface area (Å²) in [5, 5.41) is 12.2. The Labute approximate surface area is 214 Å². The normalized spacial score (nSPS) is 17.2. The Kier molecular flexibility index (Phi) is 7.08. The van der Waals surface area contributed by atoms with E-state index in [0.717, 1.165) is 16.0 Å². The SMILES string of the molecule is CC(C)(C)c1ccc(/C=C/c2ccc3nccc(C(=O)NCC(=O)N4CC(F)(F)CC4C#N)c3c2)cc1. The lowest BCUT2D eigenvalue weighted by Crippen LogP contribution is -2.43. The number of carbonyl (C=O) groups excluding carboxylic acids is 2. The Balaban J connectivity index is 1.49. The Morgan fingerprint density at radius 3 is 2.49 bits per heavy atom. The Morgan fingerprint density at radius 1 is 1.14 bits per heavy atom. The molecule has 0 spiro atoms. The first-order valence-corrected chi connectivity index (χ1v) is 12.0. The Bertz CT molecular complexity index is 1400. The lowest BCUT2D eigenvalue weighted by Gasteiger charge is -2.19. The largest absolute Gasteiger partial charge is 0.343 e. The van der Waals surface area contributed by atoms with Crippen LogP contribution < -0.4 is 5.32 Å². The van der Waals surface area contributed by atoms with Gasteiger partial charge in [-0.1, -0.05) is 63.3 Å². The van der Waals surface area contributed by atoms with Crippen molar-refractivity contribution in [3.8, 4) is 6.07 Å². The van der Waals surface area contributed by atoms with Crippen molar-refractivity contribution >= 4 is 34.9 Å². The summed E-state index contributed by atoms with van der Waals surface area (Å²) in [7, 11) is 0. The molecule has 6 nitrogen and oxygen atoms in total. The number of fused-ring (bicyclic) bond motifs is 1. The maximum atomic E-state index is 13.7. The van der Waals surface area contributed by atoms with Crippen LogP contribution >= 0.6 is 0 Å². The van der Waals surface area contributed by atoms with Gasteiger partial charge < -0.3 is 10.2 Å². The minimum atomic E-state index is -3.11. The van der Waals surface area contributed by atoms with E-state index in [0.29, 0.717) is 16.5 Å². The van der Waals surface area contributed by atoms with E-state index < -0.39 is 43.3 Å². The first-order valence-electron chi connectivity index (χ1n) is 12.0. The molecular formula is C29H28F2N4O2. The van der Waals surface area contributed by atoms with Crippen molar-refractivity contribution in [1.29, 1.82) is 5.26 Å². The van der Waals surface area contributed by atoms with Crippen molar-refractivity contribution in [2.75, 3.05) is 13.1 Å². The van der Waals surface area contributed by atoms with Gasteiger partial charge in [-0.2, -0.15) is 5.26 Å². The standard InChI is InChI=1S/C29H28F2N4O2/c1-28(2,3)21-9-6-19(7-10-21)4-5-20-8-11-25-24(14-20)23(12-13-33-25)27(37)34-17-26(36)35-18-29(30,31)15-22(35)16-32/h4-14,22H,15,17-18H2,1-3H3,(H,34,37)/b5-4+. The molecule has 1 aliphatic rings. The summed E-state index contributed by atoms with van der Waals surface area (Å²) in [5.41, 5.74) is 4.14. The lowest BCUT2D eigenvalue weighted by molar-refractivity contribution is -0.131. The van der Waals surface area contributed by atoms with Crippen LogP contribution in [0.3, 0.4) is 0 Å². The molecule has 3 aromatic rings. The number of nitriles is 1. The van der Waals surface area contributed by atoms with Gasteiger partial charge in [0.15, 0.2) is 0 Å². The molecule has 0 radical (unpaired) electrons. The molecule has 0 aliphatic carbocycles. The minimum absolute atomic E-state index is 0.0756. The van der Waals surface area contributed by atoms with Crippen molar-refractivity contribution in [2.24, 2.45) is 0 Å². The topological polar surface area (TPSA) is 86.1 Å². The van der Waals surface area contributed by atoms with E-state index in [1.165, 1.54) is 11.8 Å². The van der Waals surface area contributed by atoms with Gasteiger partial charge in [-0.15, -0.1) is 0 Å². The van der Waals surface area contributed by atoms with Crippen LogP contribution in [0, 0.1) is 11.3 Å².